The number of furan rings is 1. The number of carbonyl (C=O) groups is 1. The molecule has 0 aromatic carbocycles. The zero-order valence-electron chi connectivity index (χ0n) is 9.27. The second-order valence-electron chi connectivity index (χ2n) is 4.30. The summed E-state index contributed by atoms with van der Waals surface area (Å²) in [6.07, 6.45) is 2.37. The van der Waals surface area contributed by atoms with Gasteiger partial charge in [0, 0.05) is 24.9 Å². The highest BCUT2D eigenvalue weighted by Crippen LogP contribution is 2.22. The van der Waals surface area contributed by atoms with E-state index in [1.807, 2.05) is 19.1 Å². The van der Waals surface area contributed by atoms with Crippen LogP contribution in [0.5, 0.6) is 0 Å². The van der Waals surface area contributed by atoms with Crippen LogP contribution in [0.3, 0.4) is 0 Å². The van der Waals surface area contributed by atoms with Gasteiger partial charge < -0.3 is 4.42 Å². The van der Waals surface area contributed by atoms with Crippen molar-refractivity contribution in [3.63, 3.8) is 0 Å². The van der Waals surface area contributed by atoms with Gasteiger partial charge in [-0.2, -0.15) is 0 Å². The summed E-state index contributed by atoms with van der Waals surface area (Å²) in [6, 6.07) is 4.20. The number of likely N-dealkylation sites (tertiary alicyclic amines) is 1. The second-order valence-corrected chi connectivity index (χ2v) is 4.30. The summed E-state index contributed by atoms with van der Waals surface area (Å²) >= 11 is 0. The Kier molecular flexibility index (Phi) is 2.91. The molecule has 3 nitrogen and oxygen atoms in total. The van der Waals surface area contributed by atoms with Crippen LogP contribution >= 0.6 is 0 Å². The van der Waals surface area contributed by atoms with Crippen molar-refractivity contribution in [2.75, 3.05) is 6.54 Å². The van der Waals surface area contributed by atoms with E-state index in [2.05, 4.69) is 11.8 Å². The minimum atomic E-state index is 0.147. The summed E-state index contributed by atoms with van der Waals surface area (Å²) in [5.74, 6) is 1.51. The van der Waals surface area contributed by atoms with Crippen molar-refractivity contribution >= 4 is 5.78 Å². The molecular weight excluding hydrogens is 190 g/mol. The number of carbonyl (C=O) groups excluding carboxylic acids is 1. The molecule has 0 bridgehead atoms. The summed E-state index contributed by atoms with van der Waals surface area (Å²) in [7, 11) is 0. The lowest BCUT2D eigenvalue weighted by molar-refractivity contribution is -0.128. The Morgan fingerprint density at radius 3 is 3.00 bits per heavy atom. The molecule has 1 aliphatic rings. The highest BCUT2D eigenvalue weighted by Gasteiger charge is 2.30. The van der Waals surface area contributed by atoms with E-state index in [1.54, 1.807) is 6.26 Å². The van der Waals surface area contributed by atoms with Crippen LogP contribution in [0, 0.1) is 5.92 Å². The maximum atomic E-state index is 11.5. The molecule has 0 N–H and O–H groups in total. The number of nitrogens with zero attached hydrogens (tertiary/aromatic N) is 1. The molecule has 0 saturated carbocycles. The quantitative estimate of drug-likeness (QED) is 0.744. The molecule has 1 fully saturated rings. The molecule has 0 amide bonds. The van der Waals surface area contributed by atoms with Gasteiger partial charge in [-0.05, 0) is 19.1 Å². The summed E-state index contributed by atoms with van der Waals surface area (Å²) < 4.78 is 5.32. The van der Waals surface area contributed by atoms with E-state index < -0.39 is 0 Å². The van der Waals surface area contributed by atoms with Gasteiger partial charge in [-0.3, -0.25) is 9.69 Å². The largest absolute Gasteiger partial charge is 0.468 e. The number of piperidine rings is 1. The molecule has 2 heterocycles. The highest BCUT2D eigenvalue weighted by molar-refractivity contribution is 5.82. The zero-order chi connectivity index (χ0) is 10.8. The molecule has 1 aromatic rings. The fourth-order valence-corrected chi connectivity index (χ4v) is 2.10. The molecule has 0 spiro atoms. The topological polar surface area (TPSA) is 33.5 Å². The Labute approximate surface area is 90.1 Å². The molecule has 0 aliphatic carbocycles. The third-order valence-electron chi connectivity index (χ3n) is 3.39. The molecule has 0 radical (unpaired) electrons. The van der Waals surface area contributed by atoms with Gasteiger partial charge in [0.1, 0.15) is 11.5 Å². The molecular formula is C12H17NO2. The Morgan fingerprint density at radius 2 is 2.33 bits per heavy atom. The first kappa shape index (κ1) is 10.4. The first-order valence-corrected chi connectivity index (χ1v) is 5.47. The van der Waals surface area contributed by atoms with Gasteiger partial charge in [-0.25, -0.2) is 0 Å². The summed E-state index contributed by atoms with van der Waals surface area (Å²) in [4.78, 5) is 13.8. The Balaban J connectivity index is 2.01. The SMILES string of the molecule is CC1C(=O)CCN(Cc2ccco2)C1C. The van der Waals surface area contributed by atoms with E-state index in [0.717, 1.165) is 18.8 Å². The van der Waals surface area contributed by atoms with Crippen LogP contribution in [0.25, 0.3) is 0 Å². The first-order valence-electron chi connectivity index (χ1n) is 5.47. The smallest absolute Gasteiger partial charge is 0.138 e. The summed E-state index contributed by atoms with van der Waals surface area (Å²) in [5.41, 5.74) is 0. The molecule has 2 rings (SSSR count). The maximum Gasteiger partial charge on any atom is 0.138 e. The van der Waals surface area contributed by atoms with Crippen LogP contribution in [0.15, 0.2) is 22.8 Å². The van der Waals surface area contributed by atoms with Crippen LogP contribution in [-0.2, 0) is 11.3 Å². The number of Topliss-reactive ketones (excluding diaryl/α,β-unsaturated/α-hetero) is 1. The van der Waals surface area contributed by atoms with Gasteiger partial charge in [0.25, 0.3) is 0 Å². The average Bonchev–Trinajstić information content (AvgIpc) is 2.72. The number of ketones is 1. The fourth-order valence-electron chi connectivity index (χ4n) is 2.10. The molecule has 15 heavy (non-hydrogen) atoms. The Bertz CT molecular complexity index is 331. The van der Waals surface area contributed by atoms with E-state index in [-0.39, 0.29) is 5.92 Å². The molecule has 2 atom stereocenters. The van der Waals surface area contributed by atoms with E-state index in [9.17, 15) is 4.79 Å². The Hall–Kier alpha value is -1.09. The van der Waals surface area contributed by atoms with Crippen molar-refractivity contribution in [1.82, 2.24) is 4.90 Å². The van der Waals surface area contributed by atoms with E-state index in [0.29, 0.717) is 18.2 Å². The molecule has 1 saturated heterocycles. The monoisotopic (exact) mass is 207 g/mol. The van der Waals surface area contributed by atoms with Crippen LogP contribution in [0.1, 0.15) is 26.0 Å². The van der Waals surface area contributed by atoms with Gasteiger partial charge in [-0.15, -0.1) is 0 Å². The van der Waals surface area contributed by atoms with Crippen molar-refractivity contribution in [1.29, 1.82) is 0 Å². The third-order valence-corrected chi connectivity index (χ3v) is 3.39. The predicted octanol–water partition coefficient (Wildman–Crippen LogP) is 2.08. The van der Waals surface area contributed by atoms with Crippen molar-refractivity contribution in [2.24, 2.45) is 5.92 Å². The summed E-state index contributed by atoms with van der Waals surface area (Å²) in [6.45, 7) is 5.79. The van der Waals surface area contributed by atoms with Gasteiger partial charge in [0.05, 0.1) is 12.8 Å². The second kappa shape index (κ2) is 4.19. The van der Waals surface area contributed by atoms with Gasteiger partial charge in [-0.1, -0.05) is 6.92 Å². The summed E-state index contributed by atoms with van der Waals surface area (Å²) in [5, 5.41) is 0. The zero-order valence-corrected chi connectivity index (χ0v) is 9.27. The average molecular weight is 207 g/mol. The van der Waals surface area contributed by atoms with Gasteiger partial charge in [0.15, 0.2) is 0 Å². The van der Waals surface area contributed by atoms with Gasteiger partial charge in [0.2, 0.25) is 0 Å². The van der Waals surface area contributed by atoms with Crippen molar-refractivity contribution in [3.8, 4) is 0 Å². The van der Waals surface area contributed by atoms with Crippen molar-refractivity contribution in [2.45, 2.75) is 32.9 Å². The lowest BCUT2D eigenvalue weighted by Crippen LogP contribution is -2.46. The van der Waals surface area contributed by atoms with E-state index in [1.165, 1.54) is 0 Å². The van der Waals surface area contributed by atoms with Crippen molar-refractivity contribution < 1.29 is 9.21 Å². The minimum absolute atomic E-state index is 0.147. The fraction of sp³-hybridized carbons (Fsp3) is 0.583. The lowest BCUT2D eigenvalue weighted by Gasteiger charge is -2.36. The van der Waals surface area contributed by atoms with E-state index in [4.69, 9.17) is 4.42 Å². The normalized spacial score (nSPS) is 28.3. The van der Waals surface area contributed by atoms with Crippen LogP contribution < -0.4 is 0 Å². The molecule has 1 aliphatic heterocycles. The number of rotatable bonds is 2. The molecule has 3 heteroatoms. The van der Waals surface area contributed by atoms with Gasteiger partial charge >= 0.3 is 0 Å². The van der Waals surface area contributed by atoms with E-state index >= 15 is 0 Å². The van der Waals surface area contributed by atoms with Crippen LogP contribution in [-0.4, -0.2) is 23.3 Å². The predicted molar refractivity (Wildman–Crippen MR) is 57.4 cm³/mol. The maximum absolute atomic E-state index is 11.5. The highest BCUT2D eigenvalue weighted by atomic mass is 16.3. The minimum Gasteiger partial charge on any atom is -0.468 e. The standard InChI is InChI=1S/C12H17NO2/c1-9-10(2)13(6-5-12(9)14)8-11-4-3-7-15-11/h3-4,7,9-10H,5-6,8H2,1-2H3. The molecule has 82 valence electrons. The molecule has 1 aromatic heterocycles. The first-order chi connectivity index (χ1) is 7.18. The third kappa shape index (κ3) is 2.12. The number of hydrogen-bond acceptors (Lipinski definition) is 3. The Morgan fingerprint density at radius 1 is 1.53 bits per heavy atom. The number of hydrogen-bond donors (Lipinski definition) is 0. The molecule has 2 unspecified atom stereocenters. The van der Waals surface area contributed by atoms with Crippen LogP contribution in [0.4, 0.5) is 0 Å². The van der Waals surface area contributed by atoms with Crippen molar-refractivity contribution in [3.05, 3.63) is 24.2 Å². The van der Waals surface area contributed by atoms with Crippen LogP contribution in [0.2, 0.25) is 0 Å². The lowest BCUT2D eigenvalue weighted by atomic mass is 9.91.